The quantitative estimate of drug-likeness (QED) is 0.687. The molecule has 2 N–H and O–H groups in total. The van der Waals surface area contributed by atoms with Gasteiger partial charge in [-0.3, -0.25) is 9.48 Å². The van der Waals surface area contributed by atoms with Gasteiger partial charge in [-0.05, 0) is 32.6 Å². The lowest BCUT2D eigenvalue weighted by Crippen LogP contribution is -2.40. The largest absolute Gasteiger partial charge is 0.480 e. The van der Waals surface area contributed by atoms with Gasteiger partial charge < -0.3 is 10.4 Å². The van der Waals surface area contributed by atoms with Gasteiger partial charge in [0.25, 0.3) is 5.91 Å². The second kappa shape index (κ2) is 8.36. The summed E-state index contributed by atoms with van der Waals surface area (Å²) >= 11 is 0. The first-order chi connectivity index (χ1) is 10.5. The lowest BCUT2D eigenvalue weighted by Gasteiger charge is -2.16. The first kappa shape index (κ1) is 17.9. The molecule has 0 saturated heterocycles. The molecule has 6 heteroatoms. The SMILES string of the molecule is C=CCCC(NC(=O)c1cnn(C(CC)CC)c1C)C(=O)O. The van der Waals surface area contributed by atoms with E-state index in [4.69, 9.17) is 5.11 Å². The lowest BCUT2D eigenvalue weighted by atomic mass is 10.1. The summed E-state index contributed by atoms with van der Waals surface area (Å²) in [6.07, 6.45) is 5.86. The second-order valence-electron chi connectivity index (χ2n) is 5.29. The van der Waals surface area contributed by atoms with Gasteiger partial charge in [-0.1, -0.05) is 19.9 Å². The van der Waals surface area contributed by atoms with Crippen molar-refractivity contribution in [2.24, 2.45) is 0 Å². The molecular weight excluding hydrogens is 282 g/mol. The molecule has 122 valence electrons. The Hall–Kier alpha value is -2.11. The molecule has 0 radical (unpaired) electrons. The van der Waals surface area contributed by atoms with Crippen molar-refractivity contribution in [3.05, 3.63) is 30.1 Å². The summed E-state index contributed by atoms with van der Waals surface area (Å²) in [5.74, 6) is -1.44. The maximum Gasteiger partial charge on any atom is 0.326 e. The van der Waals surface area contributed by atoms with Crippen LogP contribution in [0.4, 0.5) is 0 Å². The Morgan fingerprint density at radius 2 is 2.09 bits per heavy atom. The van der Waals surface area contributed by atoms with Gasteiger partial charge in [0, 0.05) is 5.69 Å². The number of carboxylic acids is 1. The summed E-state index contributed by atoms with van der Waals surface area (Å²) in [4.78, 5) is 23.5. The number of hydrogen-bond donors (Lipinski definition) is 2. The molecule has 1 amide bonds. The zero-order valence-corrected chi connectivity index (χ0v) is 13.5. The van der Waals surface area contributed by atoms with Crippen LogP contribution in [0.25, 0.3) is 0 Å². The van der Waals surface area contributed by atoms with Crippen LogP contribution >= 0.6 is 0 Å². The molecule has 0 aliphatic rings. The smallest absolute Gasteiger partial charge is 0.326 e. The topological polar surface area (TPSA) is 84.2 Å². The number of aliphatic carboxylic acids is 1. The third-order valence-corrected chi connectivity index (χ3v) is 3.84. The van der Waals surface area contributed by atoms with Crippen molar-refractivity contribution in [2.75, 3.05) is 0 Å². The maximum absolute atomic E-state index is 12.3. The predicted molar refractivity (Wildman–Crippen MR) is 84.9 cm³/mol. The van der Waals surface area contributed by atoms with Crippen LogP contribution in [0.1, 0.15) is 61.6 Å². The summed E-state index contributed by atoms with van der Waals surface area (Å²) in [5.41, 5.74) is 1.19. The number of nitrogens with zero attached hydrogens (tertiary/aromatic N) is 2. The fourth-order valence-electron chi connectivity index (χ4n) is 2.43. The van der Waals surface area contributed by atoms with Crippen LogP contribution in [-0.2, 0) is 4.79 Å². The van der Waals surface area contributed by atoms with Crippen molar-refractivity contribution in [3.63, 3.8) is 0 Å². The average Bonchev–Trinajstić information content (AvgIpc) is 2.86. The van der Waals surface area contributed by atoms with Gasteiger partial charge >= 0.3 is 5.97 Å². The average molecular weight is 307 g/mol. The van der Waals surface area contributed by atoms with E-state index >= 15 is 0 Å². The van der Waals surface area contributed by atoms with Crippen LogP contribution in [0.3, 0.4) is 0 Å². The van der Waals surface area contributed by atoms with Crippen molar-refractivity contribution in [1.29, 1.82) is 0 Å². The van der Waals surface area contributed by atoms with Gasteiger partial charge in [0.1, 0.15) is 6.04 Å². The molecule has 6 nitrogen and oxygen atoms in total. The van der Waals surface area contributed by atoms with Crippen molar-refractivity contribution >= 4 is 11.9 Å². The molecule has 1 heterocycles. The number of carbonyl (C=O) groups excluding carboxylic acids is 1. The zero-order valence-electron chi connectivity index (χ0n) is 13.5. The number of hydrogen-bond acceptors (Lipinski definition) is 3. The van der Waals surface area contributed by atoms with Gasteiger partial charge in [-0.25, -0.2) is 4.79 Å². The van der Waals surface area contributed by atoms with E-state index < -0.39 is 17.9 Å². The summed E-state index contributed by atoms with van der Waals surface area (Å²) < 4.78 is 1.84. The Labute approximate surface area is 131 Å². The van der Waals surface area contributed by atoms with E-state index in [-0.39, 0.29) is 6.04 Å². The van der Waals surface area contributed by atoms with Gasteiger partial charge in [-0.15, -0.1) is 6.58 Å². The number of nitrogens with one attached hydrogen (secondary N) is 1. The molecule has 22 heavy (non-hydrogen) atoms. The van der Waals surface area contributed by atoms with Gasteiger partial charge in [0.2, 0.25) is 0 Å². The summed E-state index contributed by atoms with van der Waals surface area (Å²) in [6, 6.07) is -0.668. The molecule has 0 aromatic carbocycles. The van der Waals surface area contributed by atoms with E-state index in [1.807, 2.05) is 11.6 Å². The second-order valence-corrected chi connectivity index (χ2v) is 5.29. The molecular formula is C16H25N3O3. The number of carbonyl (C=O) groups is 2. The monoisotopic (exact) mass is 307 g/mol. The van der Waals surface area contributed by atoms with Crippen molar-refractivity contribution in [3.8, 4) is 0 Å². The van der Waals surface area contributed by atoms with Gasteiger partial charge in [0.15, 0.2) is 0 Å². The normalized spacial score (nSPS) is 12.2. The van der Waals surface area contributed by atoms with E-state index in [0.717, 1.165) is 18.5 Å². The van der Waals surface area contributed by atoms with Crippen LogP contribution in [0.15, 0.2) is 18.9 Å². The predicted octanol–water partition coefficient (Wildman–Crippen LogP) is 2.70. The van der Waals surface area contributed by atoms with Crippen LogP contribution < -0.4 is 5.32 Å². The van der Waals surface area contributed by atoms with E-state index in [1.54, 1.807) is 6.08 Å². The highest BCUT2D eigenvalue weighted by Crippen LogP contribution is 2.19. The fraction of sp³-hybridized carbons (Fsp3) is 0.562. The van der Waals surface area contributed by atoms with Crippen molar-refractivity contribution < 1.29 is 14.7 Å². The van der Waals surface area contributed by atoms with Crippen LogP contribution in [-0.4, -0.2) is 32.8 Å². The lowest BCUT2D eigenvalue weighted by molar-refractivity contribution is -0.139. The molecule has 0 bridgehead atoms. The zero-order chi connectivity index (χ0) is 16.7. The molecule has 0 spiro atoms. The molecule has 1 atom stereocenters. The van der Waals surface area contributed by atoms with Gasteiger partial charge in [-0.2, -0.15) is 5.10 Å². The highest BCUT2D eigenvalue weighted by atomic mass is 16.4. The van der Waals surface area contributed by atoms with E-state index in [0.29, 0.717) is 18.4 Å². The van der Waals surface area contributed by atoms with Crippen LogP contribution in [0.2, 0.25) is 0 Å². The number of allylic oxidation sites excluding steroid dienone is 1. The first-order valence-corrected chi connectivity index (χ1v) is 7.64. The Kier molecular flexibility index (Phi) is 6.82. The molecule has 1 aromatic rings. The molecule has 0 aliphatic carbocycles. The molecule has 0 aliphatic heterocycles. The number of rotatable bonds is 9. The Morgan fingerprint density at radius 3 is 2.59 bits per heavy atom. The summed E-state index contributed by atoms with van der Waals surface area (Å²) in [7, 11) is 0. The molecule has 1 unspecified atom stereocenters. The highest BCUT2D eigenvalue weighted by molar-refractivity contribution is 5.97. The Morgan fingerprint density at radius 1 is 1.45 bits per heavy atom. The first-order valence-electron chi connectivity index (χ1n) is 7.64. The Bertz CT molecular complexity index is 533. The van der Waals surface area contributed by atoms with Crippen molar-refractivity contribution in [1.82, 2.24) is 15.1 Å². The summed E-state index contributed by atoms with van der Waals surface area (Å²) in [5, 5.41) is 16.0. The van der Waals surface area contributed by atoms with Crippen LogP contribution in [0.5, 0.6) is 0 Å². The highest BCUT2D eigenvalue weighted by Gasteiger charge is 2.23. The maximum atomic E-state index is 12.3. The minimum absolute atomic E-state index is 0.248. The minimum atomic E-state index is -1.04. The number of aromatic nitrogens is 2. The van der Waals surface area contributed by atoms with Gasteiger partial charge in [0.05, 0.1) is 17.8 Å². The standard InChI is InChI=1S/C16H25N3O3/c1-5-8-9-14(16(21)22)18-15(20)13-10-17-19(11(13)4)12(6-2)7-3/h5,10,12,14H,1,6-9H2,2-4H3,(H,18,20)(H,21,22). The fourth-order valence-corrected chi connectivity index (χ4v) is 2.43. The molecule has 0 fully saturated rings. The van der Waals surface area contributed by atoms with Crippen molar-refractivity contribution in [2.45, 2.75) is 58.5 Å². The third kappa shape index (κ3) is 4.19. The van der Waals surface area contributed by atoms with E-state index in [2.05, 4.69) is 30.8 Å². The molecule has 0 saturated carbocycles. The van der Waals surface area contributed by atoms with E-state index in [9.17, 15) is 9.59 Å². The van der Waals surface area contributed by atoms with Crippen LogP contribution in [0, 0.1) is 6.92 Å². The minimum Gasteiger partial charge on any atom is -0.480 e. The molecule has 1 aromatic heterocycles. The molecule has 1 rings (SSSR count). The number of carboxylic acid groups (broad SMARTS) is 1. The Balaban J connectivity index is 2.89. The summed E-state index contributed by atoms with van der Waals surface area (Å²) in [6.45, 7) is 9.55. The van der Waals surface area contributed by atoms with E-state index in [1.165, 1.54) is 6.20 Å². The third-order valence-electron chi connectivity index (χ3n) is 3.84. The number of amides is 1.